The Morgan fingerprint density at radius 1 is 1.45 bits per heavy atom. The Morgan fingerprint density at radius 3 is 2.18 bits per heavy atom. The van der Waals surface area contributed by atoms with E-state index in [0.29, 0.717) is 12.3 Å². The van der Waals surface area contributed by atoms with E-state index in [4.69, 9.17) is 0 Å². The van der Waals surface area contributed by atoms with E-state index < -0.39 is 10.3 Å². The molecule has 0 aromatic rings. The van der Waals surface area contributed by atoms with Crippen LogP contribution in [0.4, 0.5) is 0 Å². The third kappa shape index (κ3) is 13.8. The summed E-state index contributed by atoms with van der Waals surface area (Å²) in [6.07, 6.45) is 0.705. The Hall–Kier alpha value is 0.870. The summed E-state index contributed by atoms with van der Waals surface area (Å²) < 4.78 is 24.6. The van der Waals surface area contributed by atoms with Crippen LogP contribution in [0.3, 0.4) is 0 Å². The van der Waals surface area contributed by atoms with Gasteiger partial charge in [-0.2, -0.15) is 8.42 Å². The first kappa shape index (κ1) is 14.4. The van der Waals surface area contributed by atoms with Crippen LogP contribution in [-0.2, 0) is 14.5 Å². The Balaban J connectivity index is 0. The van der Waals surface area contributed by atoms with Crippen molar-refractivity contribution in [3.8, 4) is 0 Å². The molecule has 0 amide bonds. The van der Waals surface area contributed by atoms with Crippen molar-refractivity contribution in [1.82, 2.24) is 0 Å². The van der Waals surface area contributed by atoms with Gasteiger partial charge in [-0.1, -0.05) is 13.8 Å². The van der Waals surface area contributed by atoms with Gasteiger partial charge in [0.15, 0.2) is 0 Å². The maximum absolute atomic E-state index is 10.2. The molecule has 0 bridgehead atoms. The first-order chi connectivity index (χ1) is 4.42. The quantitative estimate of drug-likeness (QED) is 0.615. The van der Waals surface area contributed by atoms with E-state index in [1.54, 1.807) is 0 Å². The van der Waals surface area contributed by atoms with Crippen molar-refractivity contribution in [2.24, 2.45) is 11.1 Å². The van der Waals surface area contributed by atoms with E-state index in [9.17, 15) is 8.42 Å². The molecular weight excluding hydrogens is 177 g/mol. The molecule has 0 atom stereocenters. The second-order valence-electron chi connectivity index (χ2n) is 2.50. The van der Waals surface area contributed by atoms with Gasteiger partial charge in [0.05, 0.1) is 6.61 Å². The van der Waals surface area contributed by atoms with Crippen molar-refractivity contribution in [2.75, 3.05) is 6.61 Å². The van der Waals surface area contributed by atoms with E-state index in [-0.39, 0.29) is 36.2 Å². The second kappa shape index (κ2) is 6.39. The fraction of sp³-hybridized carbons (Fsp3) is 1.00. The predicted molar refractivity (Wildman–Crippen MR) is 45.7 cm³/mol. The van der Waals surface area contributed by atoms with Crippen molar-refractivity contribution in [3.63, 3.8) is 0 Å². The van der Waals surface area contributed by atoms with Gasteiger partial charge in [0.25, 0.3) is 0 Å². The van der Waals surface area contributed by atoms with Crippen LogP contribution in [0.15, 0.2) is 0 Å². The minimum absolute atomic E-state index is 0. The molecule has 0 aromatic heterocycles. The third-order valence-corrected chi connectivity index (χ3v) is 1.44. The number of hydrogen-bond acceptors (Lipinski definition) is 3. The van der Waals surface area contributed by atoms with Crippen molar-refractivity contribution in [1.29, 1.82) is 0 Å². The van der Waals surface area contributed by atoms with Crippen LogP contribution in [0.2, 0.25) is 0 Å². The number of rotatable bonds is 4. The Morgan fingerprint density at radius 2 is 1.91 bits per heavy atom. The molecule has 0 heterocycles. The van der Waals surface area contributed by atoms with Crippen molar-refractivity contribution in [3.05, 3.63) is 0 Å². The van der Waals surface area contributed by atoms with Crippen molar-refractivity contribution in [2.45, 2.75) is 20.3 Å². The Labute approximate surface area is 90.0 Å². The van der Waals surface area contributed by atoms with Crippen molar-refractivity contribution < 1.29 is 12.6 Å². The average Bonchev–Trinajstić information content (AvgIpc) is 1.59. The zero-order valence-corrected chi connectivity index (χ0v) is 7.02. The molecule has 2 N–H and O–H groups in total. The molecule has 0 unspecified atom stereocenters. The number of hydrogen-bond donors (Lipinski definition) is 1. The van der Waals surface area contributed by atoms with E-state index in [1.165, 1.54) is 0 Å². The summed E-state index contributed by atoms with van der Waals surface area (Å²) in [4.78, 5) is 0. The molecule has 0 radical (unpaired) electrons. The Kier molecular flexibility index (Phi) is 8.37. The molecule has 0 saturated carbocycles. The zero-order chi connectivity index (χ0) is 8.20. The van der Waals surface area contributed by atoms with Gasteiger partial charge in [-0.05, 0) is 12.3 Å². The normalized spacial score (nSPS) is 11.3. The van der Waals surface area contributed by atoms with Crippen LogP contribution in [0.5, 0.6) is 0 Å². The topological polar surface area (TPSA) is 69.4 Å². The first-order valence-corrected chi connectivity index (χ1v) is 4.56. The molecule has 4 nitrogen and oxygen atoms in total. The minimum atomic E-state index is -3.72. The van der Waals surface area contributed by atoms with Gasteiger partial charge in [0.1, 0.15) is 0 Å². The molecule has 0 aliphatic rings. The molecular formula is C5H14NNaO3S. The predicted octanol–water partition coefficient (Wildman–Crippen LogP) is -0.396. The summed E-state index contributed by atoms with van der Waals surface area (Å²) in [7, 11) is -3.72. The van der Waals surface area contributed by atoms with Crippen LogP contribution in [-0.4, -0.2) is 44.6 Å². The number of nitrogens with two attached hydrogens (primary N) is 1. The molecule has 0 rings (SSSR count). The fourth-order valence-corrected chi connectivity index (χ4v) is 0.729. The van der Waals surface area contributed by atoms with Crippen LogP contribution in [0, 0.1) is 5.92 Å². The van der Waals surface area contributed by atoms with Gasteiger partial charge >= 0.3 is 39.9 Å². The van der Waals surface area contributed by atoms with E-state index in [1.807, 2.05) is 13.8 Å². The van der Waals surface area contributed by atoms with Crippen LogP contribution >= 0.6 is 0 Å². The van der Waals surface area contributed by atoms with Crippen molar-refractivity contribution >= 4 is 39.9 Å². The average molecular weight is 191 g/mol. The summed E-state index contributed by atoms with van der Waals surface area (Å²) in [5.41, 5.74) is 0. The summed E-state index contributed by atoms with van der Waals surface area (Å²) in [5, 5.41) is 4.57. The second-order valence-corrected chi connectivity index (χ2v) is 3.72. The third-order valence-electron chi connectivity index (χ3n) is 0.943. The Bertz CT molecular complexity index is 178. The fourth-order valence-electron chi connectivity index (χ4n) is 0.400. The van der Waals surface area contributed by atoms with E-state index >= 15 is 0 Å². The van der Waals surface area contributed by atoms with Gasteiger partial charge in [-0.3, -0.25) is 4.18 Å². The van der Waals surface area contributed by atoms with Gasteiger partial charge in [-0.15, -0.1) is 0 Å². The van der Waals surface area contributed by atoms with Gasteiger partial charge in [-0.25, -0.2) is 5.14 Å². The summed E-state index contributed by atoms with van der Waals surface area (Å²) in [5.74, 6) is 0.432. The van der Waals surface area contributed by atoms with Crippen LogP contribution < -0.4 is 5.14 Å². The molecule has 0 aliphatic heterocycles. The van der Waals surface area contributed by atoms with E-state index in [2.05, 4.69) is 9.32 Å². The molecule has 0 aromatic carbocycles. The maximum atomic E-state index is 10.2. The molecule has 11 heavy (non-hydrogen) atoms. The molecule has 0 aliphatic carbocycles. The zero-order valence-electron chi connectivity index (χ0n) is 6.20. The molecule has 0 saturated heterocycles. The summed E-state index contributed by atoms with van der Waals surface area (Å²) >= 11 is 0. The molecule has 64 valence electrons. The van der Waals surface area contributed by atoms with Gasteiger partial charge in [0.2, 0.25) is 0 Å². The standard InChI is InChI=1S/C5H13NO3S.Na.H/c1-5(2)3-4-9-10(6,7)8;;/h5H,3-4H2,1-2H3,(H2,6,7,8);;. The monoisotopic (exact) mass is 191 g/mol. The molecule has 0 fully saturated rings. The first-order valence-electron chi connectivity index (χ1n) is 3.09. The molecule has 0 spiro atoms. The van der Waals surface area contributed by atoms with Gasteiger partial charge in [0, 0.05) is 0 Å². The van der Waals surface area contributed by atoms with Gasteiger partial charge < -0.3 is 0 Å². The van der Waals surface area contributed by atoms with Crippen LogP contribution in [0.25, 0.3) is 0 Å². The molecule has 6 heteroatoms. The summed E-state index contributed by atoms with van der Waals surface area (Å²) in [6.45, 7) is 4.13. The summed E-state index contributed by atoms with van der Waals surface area (Å²) in [6, 6.07) is 0. The SMILES string of the molecule is CC(C)CCOS(N)(=O)=O.[NaH]. The van der Waals surface area contributed by atoms with E-state index in [0.717, 1.165) is 0 Å². The van der Waals surface area contributed by atoms with Crippen LogP contribution in [0.1, 0.15) is 20.3 Å².